The lowest BCUT2D eigenvalue weighted by Crippen LogP contribution is -2.41. The van der Waals surface area contributed by atoms with E-state index in [0.717, 1.165) is 5.56 Å². The van der Waals surface area contributed by atoms with Crippen LogP contribution in [0.4, 0.5) is 0 Å². The fraction of sp³-hybridized carbons (Fsp3) is 0.241. The van der Waals surface area contributed by atoms with E-state index in [1.807, 2.05) is 48.5 Å². The molecule has 2 fully saturated rings. The predicted octanol–water partition coefficient (Wildman–Crippen LogP) is 2.31. The molecule has 0 spiro atoms. The maximum Gasteiger partial charge on any atom is 0.229 e. The molecule has 2 aliphatic carbocycles. The van der Waals surface area contributed by atoms with Crippen LogP contribution in [-0.4, -0.2) is 60.0 Å². The molecular weight excluding hydrogens is 482 g/mol. The number of nitrogens with one attached hydrogen (secondary N) is 1. The third-order valence-corrected chi connectivity index (χ3v) is 7.53. The van der Waals surface area contributed by atoms with Gasteiger partial charge in [-0.3, -0.25) is 4.79 Å². The van der Waals surface area contributed by atoms with Crippen molar-refractivity contribution in [3.05, 3.63) is 89.6 Å². The second-order valence-corrected chi connectivity index (χ2v) is 9.62. The van der Waals surface area contributed by atoms with Crippen LogP contribution in [0.2, 0.25) is 0 Å². The number of aliphatic hydroxyl groups excluding tert-OH is 3. The average molecular weight is 508 g/mol. The minimum Gasteiger partial charge on any atom is -0.507 e. The monoisotopic (exact) mass is 507 g/mol. The van der Waals surface area contributed by atoms with E-state index in [-0.39, 0.29) is 23.4 Å². The zero-order valence-corrected chi connectivity index (χ0v) is 20.5. The first-order chi connectivity index (χ1) is 18.4. The SMILES string of the molecule is CNC(=O)[C@@]12C[C@@H]1[C@@H](n1cnc3c(/C=C(\O)c4ccccc4)nc(C#Cc4ccccc4)nc31)[C@@H](O)[C@H]2O. The fourth-order valence-electron chi connectivity index (χ4n) is 5.57. The van der Waals surface area contributed by atoms with Gasteiger partial charge >= 0.3 is 0 Å². The van der Waals surface area contributed by atoms with Crippen LogP contribution in [0.25, 0.3) is 23.0 Å². The lowest BCUT2D eigenvalue weighted by atomic mass is 9.98. The fourth-order valence-corrected chi connectivity index (χ4v) is 5.57. The maximum atomic E-state index is 12.6. The Kier molecular flexibility index (Phi) is 5.71. The standard InChI is InChI=1S/C29H25N5O4/c1-30-28(38)29-15-19(29)24(25(36)26(29)37)34-16-31-23-20(14-21(35)18-10-6-3-7-11-18)32-22(33-27(23)34)13-12-17-8-4-2-5-9-17/h2-11,14,16,19,24-26,35-37H,15H2,1H3,(H,30,38)/b21-14-/t19-,24-,25-,26-,29+/m1/s1. The number of hydrogen-bond donors (Lipinski definition) is 4. The van der Waals surface area contributed by atoms with Crippen molar-refractivity contribution in [2.24, 2.45) is 11.3 Å². The predicted molar refractivity (Wildman–Crippen MR) is 140 cm³/mol. The molecule has 6 rings (SSSR count). The molecule has 2 aromatic heterocycles. The van der Waals surface area contributed by atoms with Crippen LogP contribution >= 0.6 is 0 Å². The molecule has 0 saturated heterocycles. The maximum absolute atomic E-state index is 12.6. The highest BCUT2D eigenvalue weighted by atomic mass is 16.3. The van der Waals surface area contributed by atoms with Crippen LogP contribution in [-0.2, 0) is 4.79 Å². The van der Waals surface area contributed by atoms with Gasteiger partial charge in [-0.15, -0.1) is 0 Å². The van der Waals surface area contributed by atoms with E-state index in [2.05, 4.69) is 32.1 Å². The number of hydrogen-bond acceptors (Lipinski definition) is 7. The molecule has 2 aromatic carbocycles. The third kappa shape index (κ3) is 3.74. The van der Waals surface area contributed by atoms with Crippen LogP contribution < -0.4 is 5.32 Å². The van der Waals surface area contributed by atoms with Crippen LogP contribution in [0, 0.1) is 23.2 Å². The number of nitrogens with zero attached hydrogens (tertiary/aromatic N) is 4. The van der Waals surface area contributed by atoms with Crippen LogP contribution in [0.3, 0.4) is 0 Å². The van der Waals surface area contributed by atoms with Crippen LogP contribution in [0.1, 0.15) is 35.1 Å². The molecular formula is C29H25N5O4. The van der Waals surface area contributed by atoms with E-state index in [0.29, 0.717) is 28.8 Å². The third-order valence-electron chi connectivity index (χ3n) is 7.53. The summed E-state index contributed by atoms with van der Waals surface area (Å²) >= 11 is 0. The number of aromatic nitrogens is 4. The molecule has 2 saturated carbocycles. The van der Waals surface area contributed by atoms with E-state index in [1.165, 1.54) is 19.5 Å². The Hall–Kier alpha value is -4.52. The van der Waals surface area contributed by atoms with Crippen molar-refractivity contribution in [1.29, 1.82) is 0 Å². The quantitative estimate of drug-likeness (QED) is 0.246. The molecule has 1 amide bonds. The summed E-state index contributed by atoms with van der Waals surface area (Å²) in [5.41, 5.74) is 1.51. The van der Waals surface area contributed by atoms with Gasteiger partial charge in [0.1, 0.15) is 17.4 Å². The number of imidazole rings is 1. The van der Waals surface area contributed by atoms with Crippen molar-refractivity contribution in [3.63, 3.8) is 0 Å². The topological polar surface area (TPSA) is 133 Å². The van der Waals surface area contributed by atoms with Gasteiger partial charge in [-0.1, -0.05) is 54.5 Å². The average Bonchev–Trinajstić information content (AvgIpc) is 3.49. The van der Waals surface area contributed by atoms with Gasteiger partial charge in [-0.25, -0.2) is 15.0 Å². The van der Waals surface area contributed by atoms with Gasteiger partial charge in [-0.05, 0) is 24.5 Å². The van der Waals surface area contributed by atoms with Crippen molar-refractivity contribution >= 4 is 28.9 Å². The van der Waals surface area contributed by atoms with Crippen LogP contribution in [0.15, 0.2) is 67.0 Å². The van der Waals surface area contributed by atoms with Gasteiger partial charge in [0.15, 0.2) is 5.65 Å². The van der Waals surface area contributed by atoms with Gasteiger partial charge in [0.25, 0.3) is 0 Å². The zero-order chi connectivity index (χ0) is 26.4. The molecule has 2 heterocycles. The summed E-state index contributed by atoms with van der Waals surface area (Å²) in [6.45, 7) is 0. The van der Waals surface area contributed by atoms with Gasteiger partial charge < -0.3 is 25.2 Å². The summed E-state index contributed by atoms with van der Waals surface area (Å²) in [5.74, 6) is 5.67. The number of amides is 1. The van der Waals surface area contributed by atoms with E-state index in [9.17, 15) is 20.1 Å². The summed E-state index contributed by atoms with van der Waals surface area (Å²) in [6, 6.07) is 17.9. The first-order valence-corrected chi connectivity index (χ1v) is 12.3. The Balaban J connectivity index is 1.48. The smallest absolute Gasteiger partial charge is 0.229 e. The molecule has 190 valence electrons. The van der Waals surface area contributed by atoms with Crippen molar-refractivity contribution < 1.29 is 20.1 Å². The number of benzene rings is 2. The summed E-state index contributed by atoms with van der Waals surface area (Å²) in [7, 11) is 1.52. The molecule has 2 aliphatic rings. The molecule has 0 aliphatic heterocycles. The summed E-state index contributed by atoms with van der Waals surface area (Å²) in [6.07, 6.45) is 1.09. The summed E-state index contributed by atoms with van der Waals surface area (Å²) < 4.78 is 1.69. The molecule has 4 N–H and O–H groups in total. The molecule has 38 heavy (non-hydrogen) atoms. The van der Waals surface area contributed by atoms with Gasteiger partial charge in [0.05, 0.1) is 29.6 Å². The Morgan fingerprint density at radius 2 is 1.79 bits per heavy atom. The Bertz CT molecular complexity index is 1620. The lowest BCUT2D eigenvalue weighted by Gasteiger charge is -2.23. The summed E-state index contributed by atoms with van der Waals surface area (Å²) in [5, 5.41) is 35.2. The minimum absolute atomic E-state index is 0.000677. The molecule has 5 atom stereocenters. The highest BCUT2D eigenvalue weighted by molar-refractivity contribution is 5.89. The van der Waals surface area contributed by atoms with Crippen molar-refractivity contribution in [2.45, 2.75) is 24.7 Å². The minimum atomic E-state index is -1.21. The van der Waals surface area contributed by atoms with Crippen molar-refractivity contribution in [1.82, 2.24) is 24.8 Å². The normalized spacial score (nSPS) is 25.9. The Morgan fingerprint density at radius 3 is 2.50 bits per heavy atom. The van der Waals surface area contributed by atoms with Gasteiger partial charge in [-0.2, -0.15) is 0 Å². The van der Waals surface area contributed by atoms with E-state index >= 15 is 0 Å². The number of rotatable bonds is 4. The summed E-state index contributed by atoms with van der Waals surface area (Å²) in [4.78, 5) is 26.3. The zero-order valence-electron chi connectivity index (χ0n) is 20.5. The van der Waals surface area contributed by atoms with E-state index in [1.54, 1.807) is 16.7 Å². The second kappa shape index (κ2) is 9.10. The number of fused-ring (bicyclic) bond motifs is 2. The number of aliphatic hydroxyl groups is 3. The molecule has 0 radical (unpaired) electrons. The molecule has 9 nitrogen and oxygen atoms in total. The van der Waals surface area contributed by atoms with Crippen molar-refractivity contribution in [3.8, 4) is 11.8 Å². The van der Waals surface area contributed by atoms with E-state index < -0.39 is 23.7 Å². The molecule has 9 heteroatoms. The Labute approximate surface area is 218 Å². The Morgan fingerprint density at radius 1 is 1.08 bits per heavy atom. The van der Waals surface area contributed by atoms with Gasteiger partial charge in [0.2, 0.25) is 11.7 Å². The highest BCUT2D eigenvalue weighted by Gasteiger charge is 2.75. The number of carbonyl (C=O) groups excluding carboxylic acids is 1. The van der Waals surface area contributed by atoms with Gasteiger partial charge in [0, 0.05) is 30.2 Å². The van der Waals surface area contributed by atoms with Crippen LogP contribution in [0.5, 0.6) is 0 Å². The molecule has 0 bridgehead atoms. The molecule has 4 aromatic rings. The first-order valence-electron chi connectivity index (χ1n) is 12.3. The van der Waals surface area contributed by atoms with Crippen molar-refractivity contribution in [2.75, 3.05) is 7.05 Å². The largest absolute Gasteiger partial charge is 0.507 e. The molecule has 0 unspecified atom stereocenters. The first kappa shape index (κ1) is 23.9. The number of carbonyl (C=O) groups is 1. The highest BCUT2D eigenvalue weighted by Crippen LogP contribution is 2.67. The lowest BCUT2D eigenvalue weighted by molar-refractivity contribution is -0.132. The van der Waals surface area contributed by atoms with E-state index in [4.69, 9.17) is 0 Å². The second-order valence-electron chi connectivity index (χ2n) is 9.62.